The highest BCUT2D eigenvalue weighted by atomic mass is 15.1. The van der Waals surface area contributed by atoms with Crippen molar-refractivity contribution in [1.29, 1.82) is 0 Å². The fourth-order valence-electron chi connectivity index (χ4n) is 4.67. The van der Waals surface area contributed by atoms with Crippen LogP contribution in [0, 0.1) is 17.8 Å². The molecule has 0 aliphatic heterocycles. The van der Waals surface area contributed by atoms with Gasteiger partial charge < -0.3 is 10.3 Å². The second-order valence-electron chi connectivity index (χ2n) is 9.72. The Hall–Kier alpha value is -0.760. The molecule has 0 fully saturated rings. The highest BCUT2D eigenvalue weighted by molar-refractivity contribution is 5.35. The second-order valence-corrected chi connectivity index (χ2v) is 9.72. The summed E-state index contributed by atoms with van der Waals surface area (Å²) in [5, 5.41) is 0. The largest absolute Gasteiger partial charge is 0.343 e. The van der Waals surface area contributed by atoms with Gasteiger partial charge in [0, 0.05) is 23.0 Å². The van der Waals surface area contributed by atoms with Crippen LogP contribution in [-0.2, 0) is 12.0 Å². The quantitative estimate of drug-likeness (QED) is 0.821. The van der Waals surface area contributed by atoms with Crippen LogP contribution < -0.4 is 5.73 Å². The van der Waals surface area contributed by atoms with E-state index in [9.17, 15) is 0 Å². The van der Waals surface area contributed by atoms with Crippen LogP contribution in [0.15, 0.2) is 6.07 Å². The first-order valence-electron chi connectivity index (χ1n) is 8.30. The summed E-state index contributed by atoms with van der Waals surface area (Å²) in [7, 11) is 0. The summed E-state index contributed by atoms with van der Waals surface area (Å²) in [4.78, 5) is 0. The third-order valence-corrected chi connectivity index (χ3v) is 4.71. The predicted molar refractivity (Wildman–Crippen MR) is 91.6 cm³/mol. The molecular weight excluding hydrogens is 256 g/mol. The standard InChI is InChI=1S/C19H34N2/c1-13-9-14-15(20)10-18(5,6)11-16(14)21(13)19(7,8)12-17(2,3)4/h9,15H,10-12,20H2,1-8H3. The summed E-state index contributed by atoms with van der Waals surface area (Å²) in [6, 6.07) is 2.52. The molecule has 2 heteroatoms. The third kappa shape index (κ3) is 3.36. The summed E-state index contributed by atoms with van der Waals surface area (Å²) in [5.74, 6) is 0. The molecule has 0 spiro atoms. The fourth-order valence-corrected chi connectivity index (χ4v) is 4.67. The number of nitrogens with two attached hydrogens (primary N) is 1. The molecule has 1 aromatic rings. The van der Waals surface area contributed by atoms with E-state index in [4.69, 9.17) is 5.73 Å². The number of hydrogen-bond donors (Lipinski definition) is 1. The summed E-state index contributed by atoms with van der Waals surface area (Å²) in [6.45, 7) is 18.7. The van der Waals surface area contributed by atoms with E-state index in [0.717, 1.165) is 19.3 Å². The highest BCUT2D eigenvalue weighted by Gasteiger charge is 2.37. The first-order valence-corrected chi connectivity index (χ1v) is 8.30. The molecule has 2 nitrogen and oxygen atoms in total. The first kappa shape index (κ1) is 16.6. The van der Waals surface area contributed by atoms with Crippen LogP contribution >= 0.6 is 0 Å². The van der Waals surface area contributed by atoms with Gasteiger partial charge in [-0.2, -0.15) is 0 Å². The van der Waals surface area contributed by atoms with Crippen molar-refractivity contribution in [2.75, 3.05) is 0 Å². The van der Waals surface area contributed by atoms with Gasteiger partial charge in [0.15, 0.2) is 0 Å². The molecule has 0 bridgehead atoms. The average Bonchev–Trinajstić information content (AvgIpc) is 2.49. The zero-order valence-corrected chi connectivity index (χ0v) is 15.3. The molecule has 0 saturated heterocycles. The Kier molecular flexibility index (Phi) is 3.85. The Morgan fingerprint density at radius 1 is 1.24 bits per heavy atom. The minimum atomic E-state index is 0.128. The van der Waals surface area contributed by atoms with Gasteiger partial charge in [0.2, 0.25) is 0 Å². The third-order valence-electron chi connectivity index (χ3n) is 4.71. The molecule has 1 unspecified atom stereocenters. The summed E-state index contributed by atoms with van der Waals surface area (Å²) >= 11 is 0. The molecule has 1 aliphatic rings. The fraction of sp³-hybridized carbons (Fsp3) is 0.789. The molecule has 1 aromatic heterocycles. The SMILES string of the molecule is Cc1cc2c(n1C(C)(C)CC(C)(C)C)CC(C)(C)CC2N. The molecule has 1 heterocycles. The van der Waals surface area contributed by atoms with Gasteiger partial charge in [-0.1, -0.05) is 34.6 Å². The van der Waals surface area contributed by atoms with E-state index in [1.807, 2.05) is 0 Å². The molecular formula is C19H34N2. The van der Waals surface area contributed by atoms with Crippen molar-refractivity contribution in [3.05, 3.63) is 23.0 Å². The lowest BCUT2D eigenvalue weighted by Gasteiger charge is -2.40. The van der Waals surface area contributed by atoms with E-state index in [2.05, 4.69) is 66.0 Å². The molecule has 21 heavy (non-hydrogen) atoms. The minimum Gasteiger partial charge on any atom is -0.343 e. The summed E-state index contributed by atoms with van der Waals surface area (Å²) in [5.41, 5.74) is 11.4. The topological polar surface area (TPSA) is 30.9 Å². The van der Waals surface area contributed by atoms with E-state index < -0.39 is 0 Å². The smallest absolute Gasteiger partial charge is 0.0394 e. The van der Waals surface area contributed by atoms with Crippen LogP contribution in [0.25, 0.3) is 0 Å². The molecule has 0 saturated carbocycles. The monoisotopic (exact) mass is 290 g/mol. The number of aryl methyl sites for hydroxylation is 1. The van der Waals surface area contributed by atoms with Crippen LogP contribution in [0.5, 0.6) is 0 Å². The molecule has 0 aromatic carbocycles. The molecule has 2 N–H and O–H groups in total. The van der Waals surface area contributed by atoms with Crippen molar-refractivity contribution in [1.82, 2.24) is 4.57 Å². The number of hydrogen-bond acceptors (Lipinski definition) is 1. The molecule has 2 rings (SSSR count). The minimum absolute atomic E-state index is 0.128. The Bertz CT molecular complexity index is 526. The van der Waals surface area contributed by atoms with Gasteiger partial charge in [-0.15, -0.1) is 0 Å². The number of nitrogens with zero attached hydrogens (tertiary/aromatic N) is 1. The Balaban J connectivity index is 2.51. The van der Waals surface area contributed by atoms with Gasteiger partial charge in [0.1, 0.15) is 0 Å². The van der Waals surface area contributed by atoms with Gasteiger partial charge in [0.25, 0.3) is 0 Å². The number of rotatable bonds is 2. The average molecular weight is 290 g/mol. The van der Waals surface area contributed by atoms with E-state index >= 15 is 0 Å². The van der Waals surface area contributed by atoms with E-state index in [1.54, 1.807) is 0 Å². The van der Waals surface area contributed by atoms with Crippen molar-refractivity contribution in [2.45, 2.75) is 86.2 Å². The molecule has 1 atom stereocenters. The lowest BCUT2D eigenvalue weighted by molar-refractivity contribution is 0.197. The Morgan fingerprint density at radius 3 is 2.33 bits per heavy atom. The first-order chi connectivity index (χ1) is 9.32. The molecule has 1 aliphatic carbocycles. The van der Waals surface area contributed by atoms with E-state index in [0.29, 0.717) is 10.8 Å². The Labute approximate surface area is 131 Å². The van der Waals surface area contributed by atoms with Gasteiger partial charge in [-0.3, -0.25) is 0 Å². The van der Waals surface area contributed by atoms with Crippen molar-refractivity contribution < 1.29 is 0 Å². The number of aromatic nitrogens is 1. The zero-order valence-electron chi connectivity index (χ0n) is 15.3. The van der Waals surface area contributed by atoms with Crippen LogP contribution in [0.1, 0.15) is 84.3 Å². The van der Waals surface area contributed by atoms with Crippen molar-refractivity contribution in [2.24, 2.45) is 16.6 Å². The van der Waals surface area contributed by atoms with E-state index in [1.165, 1.54) is 17.0 Å². The van der Waals surface area contributed by atoms with E-state index in [-0.39, 0.29) is 11.6 Å². The lowest BCUT2D eigenvalue weighted by Crippen LogP contribution is -2.37. The summed E-state index contributed by atoms with van der Waals surface area (Å²) < 4.78 is 2.58. The van der Waals surface area contributed by atoms with Crippen molar-refractivity contribution in [3.8, 4) is 0 Å². The van der Waals surface area contributed by atoms with Crippen LogP contribution in [0.3, 0.4) is 0 Å². The lowest BCUT2D eigenvalue weighted by atomic mass is 9.74. The van der Waals surface area contributed by atoms with Crippen molar-refractivity contribution in [3.63, 3.8) is 0 Å². The number of fused-ring (bicyclic) bond motifs is 1. The van der Waals surface area contributed by atoms with Crippen LogP contribution in [-0.4, -0.2) is 4.57 Å². The molecule has 0 radical (unpaired) electrons. The van der Waals surface area contributed by atoms with Gasteiger partial charge in [-0.05, 0) is 62.5 Å². The highest BCUT2D eigenvalue weighted by Crippen LogP contribution is 2.44. The molecule has 120 valence electrons. The predicted octanol–water partition coefficient (Wildman–Crippen LogP) is 4.94. The van der Waals surface area contributed by atoms with Gasteiger partial charge >= 0.3 is 0 Å². The summed E-state index contributed by atoms with van der Waals surface area (Å²) in [6.07, 6.45) is 3.39. The maximum absolute atomic E-state index is 6.46. The van der Waals surface area contributed by atoms with Gasteiger partial charge in [-0.25, -0.2) is 0 Å². The normalized spacial score (nSPS) is 22.2. The van der Waals surface area contributed by atoms with Gasteiger partial charge in [0.05, 0.1) is 0 Å². The maximum Gasteiger partial charge on any atom is 0.0394 e. The maximum atomic E-state index is 6.46. The van der Waals surface area contributed by atoms with Crippen molar-refractivity contribution >= 4 is 0 Å². The second kappa shape index (κ2) is 4.87. The van der Waals surface area contributed by atoms with Crippen LogP contribution in [0.2, 0.25) is 0 Å². The zero-order chi connectivity index (χ0) is 16.2. The molecule has 0 amide bonds. The Morgan fingerprint density at radius 2 is 1.81 bits per heavy atom. The van der Waals surface area contributed by atoms with Crippen LogP contribution in [0.4, 0.5) is 0 Å².